The van der Waals surface area contributed by atoms with Crippen molar-refractivity contribution in [3.63, 3.8) is 0 Å². The van der Waals surface area contributed by atoms with Crippen LogP contribution in [0.5, 0.6) is 0 Å². The van der Waals surface area contributed by atoms with E-state index in [-0.39, 0.29) is 24.5 Å². The Hall–Kier alpha value is -2.91. The summed E-state index contributed by atoms with van der Waals surface area (Å²) in [5, 5.41) is 2.98. The summed E-state index contributed by atoms with van der Waals surface area (Å²) in [6.45, 7) is 3.81. The van der Waals surface area contributed by atoms with Gasteiger partial charge in [-0.1, -0.05) is 22.5 Å². The predicted molar refractivity (Wildman–Crippen MR) is 102 cm³/mol. The number of pyridine rings is 1. The molecule has 0 aliphatic rings. The number of benzene rings is 1. The number of carbonyl (C=O) groups excluding carboxylic acids is 1. The summed E-state index contributed by atoms with van der Waals surface area (Å²) in [5.41, 5.74) is 3.85. The van der Waals surface area contributed by atoms with Gasteiger partial charge in [-0.3, -0.25) is 9.63 Å². The molecule has 0 unspecified atom stereocenters. The topological polar surface area (TPSA) is 76.9 Å². The first-order chi connectivity index (χ1) is 13.1. The molecule has 0 saturated carbocycles. The van der Waals surface area contributed by atoms with Gasteiger partial charge < -0.3 is 14.5 Å². The van der Waals surface area contributed by atoms with E-state index in [4.69, 9.17) is 9.57 Å². The van der Waals surface area contributed by atoms with E-state index in [1.807, 2.05) is 0 Å². The number of hydrogen-bond donors (Lipinski definition) is 2. The van der Waals surface area contributed by atoms with Gasteiger partial charge in [0.1, 0.15) is 19.0 Å². The first kappa shape index (κ1) is 18.9. The van der Waals surface area contributed by atoms with Gasteiger partial charge in [-0.25, -0.2) is 14.9 Å². The van der Waals surface area contributed by atoms with Crippen LogP contribution in [0.3, 0.4) is 0 Å². The lowest BCUT2D eigenvalue weighted by Gasteiger charge is -2.14. The Morgan fingerprint density at radius 1 is 1.37 bits per heavy atom. The summed E-state index contributed by atoms with van der Waals surface area (Å²) in [7, 11) is 0. The van der Waals surface area contributed by atoms with E-state index in [2.05, 4.69) is 38.3 Å². The monoisotopic (exact) mass is 434 g/mol. The van der Waals surface area contributed by atoms with Crippen molar-refractivity contribution in [1.29, 1.82) is 0 Å². The quantitative estimate of drug-likeness (QED) is 0.320. The van der Waals surface area contributed by atoms with Crippen molar-refractivity contribution in [3.05, 3.63) is 71.7 Å². The summed E-state index contributed by atoms with van der Waals surface area (Å²) in [6.07, 6.45) is 6.13. The third-order valence-corrected chi connectivity index (χ3v) is 4.11. The molecule has 3 aromatic rings. The summed E-state index contributed by atoms with van der Waals surface area (Å²) < 4.78 is 21.5. The number of amides is 1. The average molecular weight is 435 g/mol. The molecule has 0 radical (unpaired) electrons. The minimum atomic E-state index is -0.489. The number of halogens is 2. The highest BCUT2D eigenvalue weighted by Gasteiger charge is 2.17. The Bertz CT molecular complexity index is 976. The number of rotatable bonds is 8. The molecule has 27 heavy (non-hydrogen) atoms. The molecule has 2 heterocycles. The number of nitrogens with one attached hydrogen (secondary N) is 2. The van der Waals surface area contributed by atoms with Crippen molar-refractivity contribution in [1.82, 2.24) is 14.9 Å². The van der Waals surface area contributed by atoms with Crippen LogP contribution in [0.1, 0.15) is 10.4 Å². The number of hydroxylamine groups is 1. The summed E-state index contributed by atoms with van der Waals surface area (Å²) in [4.78, 5) is 21.7. The van der Waals surface area contributed by atoms with Crippen LogP contribution in [0.15, 0.2) is 60.3 Å². The van der Waals surface area contributed by atoms with Crippen LogP contribution in [-0.4, -0.2) is 28.5 Å². The smallest absolute Gasteiger partial charge is 0.277 e. The molecular formula is C18H16BrFN4O3. The largest absolute Gasteiger partial charge is 0.499 e. The zero-order valence-corrected chi connectivity index (χ0v) is 15.7. The van der Waals surface area contributed by atoms with E-state index >= 15 is 0 Å². The number of anilines is 2. The van der Waals surface area contributed by atoms with Crippen molar-refractivity contribution in [2.24, 2.45) is 0 Å². The van der Waals surface area contributed by atoms with Gasteiger partial charge in [-0.15, -0.1) is 0 Å². The number of ether oxygens (including phenoxy) is 1. The molecule has 2 N–H and O–H groups in total. The normalized spacial score (nSPS) is 10.6. The number of aromatic nitrogens is 2. The maximum absolute atomic E-state index is 14.3. The average Bonchev–Trinajstić information content (AvgIpc) is 3.13. The molecule has 140 valence electrons. The van der Waals surface area contributed by atoms with Crippen molar-refractivity contribution >= 4 is 38.7 Å². The highest BCUT2D eigenvalue weighted by Crippen LogP contribution is 2.29. The fourth-order valence-corrected chi connectivity index (χ4v) is 2.72. The Morgan fingerprint density at radius 3 is 3.00 bits per heavy atom. The number of carbonyl (C=O) groups is 1. The molecular weight excluding hydrogens is 419 g/mol. The van der Waals surface area contributed by atoms with Crippen LogP contribution < -0.4 is 10.8 Å². The van der Waals surface area contributed by atoms with Gasteiger partial charge in [0.05, 0.1) is 41.2 Å². The number of fused-ring (bicyclic) bond motifs is 1. The van der Waals surface area contributed by atoms with Crippen LogP contribution >= 0.6 is 15.9 Å². The molecule has 0 aliphatic heterocycles. The highest BCUT2D eigenvalue weighted by atomic mass is 79.9. The van der Waals surface area contributed by atoms with Gasteiger partial charge in [0, 0.05) is 10.7 Å². The molecule has 1 aromatic carbocycles. The molecule has 0 aliphatic carbocycles. The Balaban J connectivity index is 1.87. The Morgan fingerprint density at radius 2 is 2.22 bits per heavy atom. The molecule has 0 saturated heterocycles. The summed E-state index contributed by atoms with van der Waals surface area (Å²) in [5.74, 6) is -0.951. The van der Waals surface area contributed by atoms with Crippen molar-refractivity contribution < 1.29 is 18.8 Å². The zero-order valence-electron chi connectivity index (χ0n) is 14.1. The number of hydrogen-bond acceptors (Lipinski definition) is 5. The number of nitrogens with zero attached hydrogens (tertiary/aromatic N) is 2. The van der Waals surface area contributed by atoms with Gasteiger partial charge in [-0.05, 0) is 24.3 Å². The third kappa shape index (κ3) is 4.44. The summed E-state index contributed by atoms with van der Waals surface area (Å²) >= 11 is 3.22. The van der Waals surface area contributed by atoms with E-state index in [0.29, 0.717) is 15.7 Å². The van der Waals surface area contributed by atoms with Gasteiger partial charge in [0.2, 0.25) is 0 Å². The lowest BCUT2D eigenvalue weighted by Crippen LogP contribution is -2.26. The first-order valence-electron chi connectivity index (χ1n) is 7.91. The maximum atomic E-state index is 14.3. The van der Waals surface area contributed by atoms with E-state index in [1.165, 1.54) is 12.3 Å². The Kier molecular flexibility index (Phi) is 6.05. The van der Waals surface area contributed by atoms with Gasteiger partial charge in [0.25, 0.3) is 5.91 Å². The minimum absolute atomic E-state index is 0.150. The SMILES string of the molecule is C=COCCONC(=O)c1ccn2cncc2c1Nc1ccc(Br)cc1F. The predicted octanol–water partition coefficient (Wildman–Crippen LogP) is 3.80. The third-order valence-electron chi connectivity index (χ3n) is 3.61. The molecule has 1 amide bonds. The minimum Gasteiger partial charge on any atom is -0.499 e. The Labute approximate surface area is 162 Å². The molecule has 0 bridgehead atoms. The molecule has 9 heteroatoms. The van der Waals surface area contributed by atoms with Gasteiger partial charge in [-0.2, -0.15) is 0 Å². The molecule has 7 nitrogen and oxygen atoms in total. The van der Waals surface area contributed by atoms with Crippen LogP contribution in [0, 0.1) is 5.82 Å². The zero-order chi connectivity index (χ0) is 19.2. The second-order valence-electron chi connectivity index (χ2n) is 5.36. The first-order valence-corrected chi connectivity index (χ1v) is 8.71. The molecule has 2 aromatic heterocycles. The van der Waals surface area contributed by atoms with Crippen LogP contribution in [0.25, 0.3) is 5.52 Å². The molecule has 0 fully saturated rings. The van der Waals surface area contributed by atoms with Crippen molar-refractivity contribution in [2.75, 3.05) is 18.5 Å². The lowest BCUT2D eigenvalue weighted by atomic mass is 10.1. The number of imidazole rings is 1. The van der Waals surface area contributed by atoms with Crippen molar-refractivity contribution in [2.45, 2.75) is 0 Å². The van der Waals surface area contributed by atoms with E-state index < -0.39 is 11.7 Å². The fourth-order valence-electron chi connectivity index (χ4n) is 2.38. The van der Waals surface area contributed by atoms with Gasteiger partial charge >= 0.3 is 0 Å². The van der Waals surface area contributed by atoms with E-state index in [9.17, 15) is 9.18 Å². The second kappa shape index (κ2) is 8.65. The highest BCUT2D eigenvalue weighted by molar-refractivity contribution is 9.10. The maximum Gasteiger partial charge on any atom is 0.277 e. The van der Waals surface area contributed by atoms with Crippen LogP contribution in [0.2, 0.25) is 0 Å². The van der Waals surface area contributed by atoms with Crippen molar-refractivity contribution in [3.8, 4) is 0 Å². The standard InChI is InChI=1S/C18H16BrFN4O3/c1-2-26-7-8-27-23-18(25)13-5-6-24-11-21-10-16(24)17(13)22-15-4-3-12(19)9-14(15)20/h2-6,9-11,22H,1,7-8H2,(H,23,25). The molecule has 3 rings (SSSR count). The fraction of sp³-hybridized carbons (Fsp3) is 0.111. The summed E-state index contributed by atoms with van der Waals surface area (Å²) in [6, 6.07) is 6.20. The van der Waals surface area contributed by atoms with E-state index in [0.717, 1.165) is 0 Å². The second-order valence-corrected chi connectivity index (χ2v) is 6.27. The van der Waals surface area contributed by atoms with Crippen LogP contribution in [0.4, 0.5) is 15.8 Å². The van der Waals surface area contributed by atoms with Gasteiger partial charge in [0.15, 0.2) is 0 Å². The lowest BCUT2D eigenvalue weighted by molar-refractivity contribution is 0.0145. The van der Waals surface area contributed by atoms with Crippen LogP contribution in [-0.2, 0) is 9.57 Å². The molecule has 0 atom stereocenters. The van der Waals surface area contributed by atoms with E-state index in [1.54, 1.807) is 41.3 Å². The molecule has 0 spiro atoms.